The molecule has 78 valence electrons. The van der Waals surface area contributed by atoms with Crippen molar-refractivity contribution >= 4 is 5.82 Å². The first-order valence-corrected chi connectivity index (χ1v) is 5.13. The van der Waals surface area contributed by atoms with E-state index in [1.54, 1.807) is 6.07 Å². The van der Waals surface area contributed by atoms with Gasteiger partial charge in [-0.3, -0.25) is 4.90 Å². The van der Waals surface area contributed by atoms with Crippen molar-refractivity contribution in [1.29, 1.82) is 0 Å². The van der Waals surface area contributed by atoms with Gasteiger partial charge in [0, 0.05) is 12.6 Å². The fourth-order valence-corrected chi connectivity index (χ4v) is 1.85. The molecule has 0 unspecified atom stereocenters. The molecule has 1 fully saturated rings. The van der Waals surface area contributed by atoms with E-state index in [9.17, 15) is 0 Å². The second-order valence-electron chi connectivity index (χ2n) is 4.21. The molecule has 0 bridgehead atoms. The largest absolute Gasteiger partial charge is 0.381 e. The summed E-state index contributed by atoms with van der Waals surface area (Å²) in [4.78, 5) is 2.27. The molecule has 0 spiro atoms. The van der Waals surface area contributed by atoms with E-state index in [1.807, 2.05) is 0 Å². The van der Waals surface area contributed by atoms with E-state index < -0.39 is 0 Å². The number of nitrogens with zero attached hydrogens (tertiary/aromatic N) is 2. The Morgan fingerprint density at radius 1 is 1.64 bits per heavy atom. The van der Waals surface area contributed by atoms with Gasteiger partial charge in [-0.05, 0) is 25.8 Å². The predicted molar refractivity (Wildman–Crippen MR) is 54.6 cm³/mol. The summed E-state index contributed by atoms with van der Waals surface area (Å²) in [6, 6.07) is 1.79. The third kappa shape index (κ3) is 2.26. The molecule has 0 atom stereocenters. The van der Waals surface area contributed by atoms with Crippen LogP contribution in [-0.2, 0) is 6.54 Å². The molecule has 0 amide bonds. The first-order valence-electron chi connectivity index (χ1n) is 5.13. The molecule has 1 aliphatic carbocycles. The smallest absolute Gasteiger partial charge is 0.167 e. The molecule has 1 aromatic rings. The second-order valence-corrected chi connectivity index (χ2v) is 4.21. The van der Waals surface area contributed by atoms with Gasteiger partial charge >= 0.3 is 0 Å². The van der Waals surface area contributed by atoms with Crippen molar-refractivity contribution in [2.24, 2.45) is 5.92 Å². The molecule has 1 aliphatic rings. The fraction of sp³-hybridized carbons (Fsp3) is 0.700. The van der Waals surface area contributed by atoms with E-state index in [0.717, 1.165) is 24.8 Å². The summed E-state index contributed by atoms with van der Waals surface area (Å²) in [6.45, 7) is 1.96. The zero-order valence-corrected chi connectivity index (χ0v) is 8.57. The number of nitrogens with two attached hydrogens (primary N) is 1. The van der Waals surface area contributed by atoms with E-state index in [1.165, 1.54) is 19.3 Å². The average molecular weight is 195 g/mol. The van der Waals surface area contributed by atoms with Crippen molar-refractivity contribution in [3.05, 3.63) is 11.8 Å². The number of hydrogen-bond donors (Lipinski definition) is 1. The molecular formula is C10H17N3O. The summed E-state index contributed by atoms with van der Waals surface area (Å²) in [5.74, 6) is 2.21. The molecule has 0 aromatic carbocycles. The zero-order valence-electron chi connectivity index (χ0n) is 8.57. The highest BCUT2D eigenvalue weighted by atomic mass is 16.5. The third-order valence-corrected chi connectivity index (χ3v) is 2.80. The highest BCUT2D eigenvalue weighted by Crippen LogP contribution is 2.27. The normalized spacial score (nSPS) is 17.3. The highest BCUT2D eigenvalue weighted by Gasteiger charge is 2.19. The van der Waals surface area contributed by atoms with Gasteiger partial charge in [0.05, 0.1) is 6.54 Å². The van der Waals surface area contributed by atoms with Crippen LogP contribution in [0.5, 0.6) is 0 Å². The van der Waals surface area contributed by atoms with Crippen LogP contribution in [0.1, 0.15) is 25.0 Å². The van der Waals surface area contributed by atoms with Gasteiger partial charge in [0.25, 0.3) is 0 Å². The molecule has 14 heavy (non-hydrogen) atoms. The van der Waals surface area contributed by atoms with E-state index >= 15 is 0 Å². The van der Waals surface area contributed by atoms with Crippen LogP contribution in [0.25, 0.3) is 0 Å². The molecule has 2 N–H and O–H groups in total. The molecule has 2 rings (SSSR count). The lowest BCUT2D eigenvalue weighted by atomic mass is 9.85. The van der Waals surface area contributed by atoms with Crippen molar-refractivity contribution in [2.75, 3.05) is 19.3 Å². The number of anilines is 1. The van der Waals surface area contributed by atoms with Gasteiger partial charge in [-0.25, -0.2) is 0 Å². The second kappa shape index (κ2) is 4.00. The molecular weight excluding hydrogens is 178 g/mol. The molecule has 4 nitrogen and oxygen atoms in total. The summed E-state index contributed by atoms with van der Waals surface area (Å²) in [6.07, 6.45) is 4.15. The van der Waals surface area contributed by atoms with Gasteiger partial charge in [-0.15, -0.1) is 0 Å². The van der Waals surface area contributed by atoms with Crippen LogP contribution in [0, 0.1) is 5.92 Å². The van der Waals surface area contributed by atoms with Crippen LogP contribution < -0.4 is 5.73 Å². The standard InChI is InChI=1S/C10H17N3O/c1-13(6-8-3-2-4-8)7-9-5-10(11)12-14-9/h5,8H,2-4,6-7H2,1H3,(H2,11,12). The van der Waals surface area contributed by atoms with Gasteiger partial charge in [0.15, 0.2) is 11.6 Å². The maximum absolute atomic E-state index is 5.47. The first kappa shape index (κ1) is 9.52. The van der Waals surface area contributed by atoms with E-state index in [0.29, 0.717) is 5.82 Å². The van der Waals surface area contributed by atoms with Crippen molar-refractivity contribution in [1.82, 2.24) is 10.1 Å². The molecule has 0 aliphatic heterocycles. The lowest BCUT2D eigenvalue weighted by Gasteiger charge is -2.29. The van der Waals surface area contributed by atoms with Crippen LogP contribution in [0.4, 0.5) is 5.82 Å². The van der Waals surface area contributed by atoms with Gasteiger partial charge in [-0.1, -0.05) is 11.6 Å². The summed E-state index contributed by atoms with van der Waals surface area (Å²) >= 11 is 0. The quantitative estimate of drug-likeness (QED) is 0.790. The Morgan fingerprint density at radius 3 is 2.93 bits per heavy atom. The first-order chi connectivity index (χ1) is 6.74. The molecule has 0 radical (unpaired) electrons. The molecule has 1 aromatic heterocycles. The number of nitrogen functional groups attached to an aromatic ring is 1. The van der Waals surface area contributed by atoms with Gasteiger partial charge < -0.3 is 10.3 Å². The Labute approximate surface area is 84.0 Å². The minimum Gasteiger partial charge on any atom is -0.381 e. The van der Waals surface area contributed by atoms with Crippen LogP contribution in [0.2, 0.25) is 0 Å². The van der Waals surface area contributed by atoms with E-state index in [4.69, 9.17) is 10.3 Å². The summed E-state index contributed by atoms with van der Waals surface area (Å²) < 4.78 is 5.05. The minimum atomic E-state index is 0.469. The summed E-state index contributed by atoms with van der Waals surface area (Å²) in [5.41, 5.74) is 5.47. The average Bonchev–Trinajstić information content (AvgIpc) is 2.44. The molecule has 4 heteroatoms. The fourth-order valence-electron chi connectivity index (χ4n) is 1.85. The molecule has 0 saturated heterocycles. The number of rotatable bonds is 4. The van der Waals surface area contributed by atoms with Crippen molar-refractivity contribution in [3.8, 4) is 0 Å². The minimum absolute atomic E-state index is 0.469. The van der Waals surface area contributed by atoms with Crippen molar-refractivity contribution < 1.29 is 4.52 Å². The Balaban J connectivity index is 1.78. The van der Waals surface area contributed by atoms with Crippen molar-refractivity contribution in [3.63, 3.8) is 0 Å². The lowest BCUT2D eigenvalue weighted by molar-refractivity contribution is 0.186. The Kier molecular flexibility index (Phi) is 2.72. The van der Waals surface area contributed by atoms with E-state index in [2.05, 4.69) is 17.1 Å². The van der Waals surface area contributed by atoms with Crippen molar-refractivity contribution in [2.45, 2.75) is 25.8 Å². The molecule has 1 saturated carbocycles. The van der Waals surface area contributed by atoms with E-state index in [-0.39, 0.29) is 0 Å². The Bertz CT molecular complexity index is 293. The van der Waals surface area contributed by atoms with Gasteiger partial charge in [0.2, 0.25) is 0 Å². The summed E-state index contributed by atoms with van der Waals surface area (Å²) in [7, 11) is 2.11. The Hall–Kier alpha value is -1.03. The SMILES string of the molecule is CN(Cc1cc(N)no1)CC1CCC1. The maximum atomic E-state index is 5.47. The van der Waals surface area contributed by atoms with Gasteiger partial charge in [-0.2, -0.15) is 0 Å². The monoisotopic (exact) mass is 195 g/mol. The highest BCUT2D eigenvalue weighted by molar-refractivity contribution is 5.26. The van der Waals surface area contributed by atoms with Crippen LogP contribution in [0.3, 0.4) is 0 Å². The predicted octanol–water partition coefficient (Wildman–Crippen LogP) is 1.49. The van der Waals surface area contributed by atoms with Gasteiger partial charge in [0.1, 0.15) is 0 Å². The van der Waals surface area contributed by atoms with Crippen LogP contribution in [-0.4, -0.2) is 23.6 Å². The molecule has 1 heterocycles. The zero-order chi connectivity index (χ0) is 9.97. The third-order valence-electron chi connectivity index (χ3n) is 2.80. The summed E-state index contributed by atoms with van der Waals surface area (Å²) in [5, 5.41) is 3.66. The number of hydrogen-bond acceptors (Lipinski definition) is 4. The van der Waals surface area contributed by atoms with Crippen LogP contribution in [0.15, 0.2) is 10.6 Å². The number of aromatic nitrogens is 1. The topological polar surface area (TPSA) is 55.3 Å². The lowest BCUT2D eigenvalue weighted by Crippen LogP contribution is -2.28. The van der Waals surface area contributed by atoms with Crippen LogP contribution >= 0.6 is 0 Å². The maximum Gasteiger partial charge on any atom is 0.167 e. The Morgan fingerprint density at radius 2 is 2.43 bits per heavy atom.